The molecule has 39 heavy (non-hydrogen) atoms. The number of carbonyl (C=O) groups is 2. The number of aryl methyl sites for hydroxylation is 2. The van der Waals surface area contributed by atoms with Gasteiger partial charge in [-0.25, -0.2) is 0 Å². The van der Waals surface area contributed by atoms with E-state index in [0.717, 1.165) is 41.0 Å². The van der Waals surface area contributed by atoms with Crippen LogP contribution in [-0.4, -0.2) is 34.8 Å². The van der Waals surface area contributed by atoms with Gasteiger partial charge < -0.3 is 19.3 Å². The Labute approximate surface area is 233 Å². The van der Waals surface area contributed by atoms with Gasteiger partial charge in [-0.3, -0.25) is 9.59 Å². The molecular weight excluding hydrogens is 512 g/mol. The Morgan fingerprint density at radius 2 is 1.72 bits per heavy atom. The number of carbonyl (C=O) groups excluding carboxylic acids is 2. The lowest BCUT2D eigenvalue weighted by Crippen LogP contribution is -2.31. The van der Waals surface area contributed by atoms with Gasteiger partial charge in [0, 0.05) is 35.7 Å². The Balaban J connectivity index is 1.60. The van der Waals surface area contributed by atoms with Gasteiger partial charge in [-0.15, -0.1) is 0 Å². The van der Waals surface area contributed by atoms with Crippen molar-refractivity contribution in [2.24, 2.45) is 0 Å². The standard InChI is InChI=1S/C32H31ClN2O4/c1-5-34(6-2)25-12-9-21(10-13-25)29-28(30(36)27-17-22-16-24(33)11-14-26(22)39-27)31(37)32(38)35(29)18-23-15-19(3)7-8-20(23)4/h7-17,29,37H,5-6,18H2,1-4H3. The summed E-state index contributed by atoms with van der Waals surface area (Å²) >= 11 is 6.13. The molecule has 1 N–H and O–H groups in total. The second-order valence-electron chi connectivity index (χ2n) is 9.91. The van der Waals surface area contributed by atoms with Crippen molar-refractivity contribution >= 4 is 39.9 Å². The van der Waals surface area contributed by atoms with Crippen LogP contribution in [0.5, 0.6) is 0 Å². The Kier molecular flexibility index (Phi) is 7.23. The van der Waals surface area contributed by atoms with Crippen LogP contribution in [0.4, 0.5) is 5.69 Å². The molecule has 1 aromatic heterocycles. The van der Waals surface area contributed by atoms with E-state index in [-0.39, 0.29) is 17.9 Å². The van der Waals surface area contributed by atoms with Crippen LogP contribution >= 0.6 is 11.6 Å². The molecule has 1 atom stereocenters. The zero-order valence-corrected chi connectivity index (χ0v) is 23.2. The summed E-state index contributed by atoms with van der Waals surface area (Å²) in [7, 11) is 0. The molecule has 0 bridgehead atoms. The third-order valence-electron chi connectivity index (χ3n) is 7.43. The molecule has 3 aromatic carbocycles. The summed E-state index contributed by atoms with van der Waals surface area (Å²) in [5.41, 5.74) is 5.33. The Morgan fingerprint density at radius 1 is 1.00 bits per heavy atom. The molecule has 5 rings (SSSR count). The van der Waals surface area contributed by atoms with Crippen LogP contribution in [0.2, 0.25) is 5.02 Å². The van der Waals surface area contributed by atoms with E-state index >= 15 is 0 Å². The minimum Gasteiger partial charge on any atom is -0.503 e. The first-order chi connectivity index (χ1) is 18.7. The summed E-state index contributed by atoms with van der Waals surface area (Å²) in [5.74, 6) is -1.63. The van der Waals surface area contributed by atoms with Gasteiger partial charge in [0.05, 0.1) is 11.6 Å². The van der Waals surface area contributed by atoms with Gasteiger partial charge in [0.1, 0.15) is 5.58 Å². The van der Waals surface area contributed by atoms with E-state index in [4.69, 9.17) is 16.0 Å². The summed E-state index contributed by atoms with van der Waals surface area (Å²) < 4.78 is 5.84. The first kappa shape index (κ1) is 26.6. The molecule has 0 aliphatic carbocycles. The number of halogens is 1. The van der Waals surface area contributed by atoms with Crippen LogP contribution in [0.25, 0.3) is 11.0 Å². The number of hydrogen-bond acceptors (Lipinski definition) is 5. The fraction of sp³-hybridized carbons (Fsp3) is 0.250. The lowest BCUT2D eigenvalue weighted by atomic mass is 9.94. The van der Waals surface area contributed by atoms with Crippen molar-refractivity contribution < 1.29 is 19.1 Å². The number of furan rings is 1. The number of Topliss-reactive ketones (excluding diaryl/α,β-unsaturated/α-hetero) is 1. The maximum Gasteiger partial charge on any atom is 0.290 e. The van der Waals surface area contributed by atoms with Crippen molar-refractivity contribution in [2.75, 3.05) is 18.0 Å². The quantitative estimate of drug-likeness (QED) is 0.236. The number of aliphatic hydroxyl groups is 1. The minimum absolute atomic E-state index is 0.00560. The fourth-order valence-corrected chi connectivity index (χ4v) is 5.44. The first-order valence-electron chi connectivity index (χ1n) is 13.1. The van der Waals surface area contributed by atoms with Crippen molar-refractivity contribution in [1.82, 2.24) is 4.90 Å². The number of benzene rings is 3. The number of ketones is 1. The zero-order chi connectivity index (χ0) is 27.8. The predicted octanol–water partition coefficient (Wildman–Crippen LogP) is 7.33. The zero-order valence-electron chi connectivity index (χ0n) is 22.5. The normalized spacial score (nSPS) is 15.5. The van der Waals surface area contributed by atoms with Crippen LogP contribution in [0.3, 0.4) is 0 Å². The second kappa shape index (κ2) is 10.6. The van der Waals surface area contributed by atoms with Gasteiger partial charge in [0.2, 0.25) is 5.78 Å². The molecule has 0 fully saturated rings. The van der Waals surface area contributed by atoms with Gasteiger partial charge in [0.25, 0.3) is 5.91 Å². The molecule has 1 aliphatic rings. The predicted molar refractivity (Wildman–Crippen MR) is 154 cm³/mol. The molecule has 1 amide bonds. The molecule has 6 nitrogen and oxygen atoms in total. The lowest BCUT2D eigenvalue weighted by Gasteiger charge is -2.28. The molecule has 7 heteroatoms. The number of amides is 1. The van der Waals surface area contributed by atoms with Gasteiger partial charge >= 0.3 is 0 Å². The Hall–Kier alpha value is -4.03. The van der Waals surface area contributed by atoms with E-state index in [2.05, 4.69) is 18.7 Å². The van der Waals surface area contributed by atoms with E-state index in [1.165, 1.54) is 0 Å². The highest BCUT2D eigenvalue weighted by Gasteiger charge is 2.44. The molecule has 200 valence electrons. The highest BCUT2D eigenvalue weighted by molar-refractivity contribution is 6.31. The second-order valence-corrected chi connectivity index (χ2v) is 10.3. The van der Waals surface area contributed by atoms with Crippen LogP contribution in [0.1, 0.15) is 52.7 Å². The Morgan fingerprint density at radius 3 is 2.41 bits per heavy atom. The SMILES string of the molecule is CCN(CC)c1ccc(C2C(C(=O)c3cc4cc(Cl)ccc4o3)=C(O)C(=O)N2Cc2cc(C)ccc2C)cc1. The molecule has 0 spiro atoms. The molecule has 2 heterocycles. The van der Waals surface area contributed by atoms with E-state index in [1.54, 1.807) is 29.2 Å². The monoisotopic (exact) mass is 542 g/mol. The highest BCUT2D eigenvalue weighted by Crippen LogP contribution is 2.41. The van der Waals surface area contributed by atoms with Crippen molar-refractivity contribution in [3.05, 3.63) is 111 Å². The van der Waals surface area contributed by atoms with E-state index < -0.39 is 23.5 Å². The number of anilines is 1. The third kappa shape index (κ3) is 4.92. The summed E-state index contributed by atoms with van der Waals surface area (Å²) in [6.45, 7) is 10.1. The molecule has 1 unspecified atom stereocenters. The smallest absolute Gasteiger partial charge is 0.290 e. The van der Waals surface area contributed by atoms with Gasteiger partial charge in [-0.1, -0.05) is 47.5 Å². The molecule has 4 aromatic rings. The van der Waals surface area contributed by atoms with Gasteiger partial charge in [0.15, 0.2) is 11.5 Å². The third-order valence-corrected chi connectivity index (χ3v) is 7.67. The van der Waals surface area contributed by atoms with Crippen molar-refractivity contribution in [3.63, 3.8) is 0 Å². The number of aliphatic hydroxyl groups excluding tert-OH is 1. The molecule has 0 radical (unpaired) electrons. The van der Waals surface area contributed by atoms with Gasteiger partial charge in [-0.2, -0.15) is 0 Å². The van der Waals surface area contributed by atoms with Crippen LogP contribution in [0.15, 0.2) is 82.5 Å². The number of fused-ring (bicyclic) bond motifs is 1. The fourth-order valence-electron chi connectivity index (χ4n) is 5.26. The average Bonchev–Trinajstić information content (AvgIpc) is 3.45. The van der Waals surface area contributed by atoms with Crippen molar-refractivity contribution in [1.29, 1.82) is 0 Å². The lowest BCUT2D eigenvalue weighted by molar-refractivity contribution is -0.130. The number of nitrogens with zero attached hydrogens (tertiary/aromatic N) is 2. The maximum atomic E-state index is 13.9. The first-order valence-corrected chi connectivity index (χ1v) is 13.5. The van der Waals surface area contributed by atoms with Crippen molar-refractivity contribution in [3.8, 4) is 0 Å². The van der Waals surface area contributed by atoms with Crippen LogP contribution < -0.4 is 4.90 Å². The molecule has 0 saturated carbocycles. The van der Waals surface area contributed by atoms with E-state index in [1.807, 2.05) is 56.3 Å². The highest BCUT2D eigenvalue weighted by atomic mass is 35.5. The molecular formula is C32H31ClN2O4. The average molecular weight is 543 g/mol. The summed E-state index contributed by atoms with van der Waals surface area (Å²) in [6.07, 6.45) is 0. The largest absolute Gasteiger partial charge is 0.503 e. The summed E-state index contributed by atoms with van der Waals surface area (Å²) in [4.78, 5) is 31.2. The Bertz CT molecular complexity index is 1600. The van der Waals surface area contributed by atoms with Crippen LogP contribution in [0, 0.1) is 13.8 Å². The van der Waals surface area contributed by atoms with Crippen molar-refractivity contribution in [2.45, 2.75) is 40.3 Å². The maximum absolute atomic E-state index is 13.9. The number of hydrogen-bond donors (Lipinski definition) is 1. The van der Waals surface area contributed by atoms with Gasteiger partial charge in [-0.05, 0) is 80.8 Å². The van der Waals surface area contributed by atoms with E-state index in [0.29, 0.717) is 16.0 Å². The number of rotatable bonds is 8. The minimum atomic E-state index is -0.785. The molecule has 0 saturated heterocycles. The topological polar surface area (TPSA) is 74.0 Å². The van der Waals surface area contributed by atoms with E-state index in [9.17, 15) is 14.7 Å². The summed E-state index contributed by atoms with van der Waals surface area (Å²) in [6, 6.07) is 19.8. The molecule has 1 aliphatic heterocycles. The van der Waals surface area contributed by atoms with Crippen LogP contribution in [-0.2, 0) is 11.3 Å². The summed E-state index contributed by atoms with van der Waals surface area (Å²) in [5, 5.41) is 12.3.